The lowest BCUT2D eigenvalue weighted by Gasteiger charge is -2.24. The second kappa shape index (κ2) is 9.24. The van der Waals surface area contributed by atoms with E-state index in [1.165, 1.54) is 12.8 Å². The van der Waals surface area contributed by atoms with E-state index >= 15 is 0 Å². The van der Waals surface area contributed by atoms with Crippen molar-refractivity contribution in [2.45, 2.75) is 44.9 Å². The van der Waals surface area contributed by atoms with Crippen molar-refractivity contribution < 1.29 is 19.0 Å². The first-order valence-corrected chi connectivity index (χ1v) is 10.9. The zero-order valence-corrected chi connectivity index (χ0v) is 17.5. The van der Waals surface area contributed by atoms with Crippen molar-refractivity contribution in [2.24, 2.45) is 0 Å². The predicted molar refractivity (Wildman–Crippen MR) is 116 cm³/mol. The van der Waals surface area contributed by atoms with Crippen molar-refractivity contribution in [2.75, 3.05) is 19.6 Å². The fraction of sp³-hybridized carbons (Fsp3) is 0.400. The van der Waals surface area contributed by atoms with Crippen molar-refractivity contribution >= 4 is 17.6 Å². The summed E-state index contributed by atoms with van der Waals surface area (Å²) in [5, 5.41) is 1.81. The molecule has 4 rings (SSSR count). The highest BCUT2D eigenvalue weighted by Crippen LogP contribution is 2.22. The van der Waals surface area contributed by atoms with Crippen LogP contribution in [-0.4, -0.2) is 46.9 Å². The van der Waals surface area contributed by atoms with Gasteiger partial charge in [-0.1, -0.05) is 53.6 Å². The lowest BCUT2D eigenvalue weighted by Crippen LogP contribution is -2.45. The molecule has 2 aromatic rings. The number of ketones is 1. The molecule has 2 aromatic carbocycles. The molecule has 0 bridgehead atoms. The molecule has 0 saturated heterocycles. The van der Waals surface area contributed by atoms with Crippen molar-refractivity contribution in [1.29, 1.82) is 0 Å². The topological polar surface area (TPSA) is 49.6 Å². The van der Waals surface area contributed by atoms with E-state index in [-0.39, 0.29) is 11.8 Å². The van der Waals surface area contributed by atoms with Crippen LogP contribution in [0.5, 0.6) is 0 Å². The van der Waals surface area contributed by atoms with Crippen molar-refractivity contribution in [3.05, 3.63) is 71.3 Å². The monoisotopic (exact) mass is 405 g/mol. The number of nitrogens with zero attached hydrogens (tertiary/aromatic N) is 2. The quantitative estimate of drug-likeness (QED) is 0.553. The Labute approximate surface area is 177 Å². The molecule has 0 spiro atoms. The van der Waals surface area contributed by atoms with Crippen LogP contribution in [-0.2, 0) is 9.63 Å². The lowest BCUT2D eigenvalue weighted by atomic mass is 9.96. The first-order chi connectivity index (χ1) is 14.6. The maximum atomic E-state index is 12.9. The SMILES string of the molecule is CC(C(=O)ON1CCC[N+]2=C1CCCCC2)c1cccc(C(=O)c2ccccc2)c1. The van der Waals surface area contributed by atoms with Gasteiger partial charge in [-0.3, -0.25) is 14.2 Å². The number of hydroxylamine groups is 2. The molecule has 2 aliphatic heterocycles. The molecule has 0 saturated carbocycles. The summed E-state index contributed by atoms with van der Waals surface area (Å²) in [4.78, 5) is 31.6. The van der Waals surface area contributed by atoms with E-state index in [0.29, 0.717) is 11.1 Å². The molecule has 5 heteroatoms. The molecular weight excluding hydrogens is 376 g/mol. The minimum atomic E-state index is -0.449. The molecule has 5 nitrogen and oxygen atoms in total. The van der Waals surface area contributed by atoms with E-state index < -0.39 is 5.92 Å². The second-order valence-electron chi connectivity index (χ2n) is 8.12. The third-order valence-electron chi connectivity index (χ3n) is 6.01. The highest BCUT2D eigenvalue weighted by molar-refractivity contribution is 6.09. The Morgan fingerprint density at radius 3 is 2.53 bits per heavy atom. The zero-order chi connectivity index (χ0) is 20.9. The van der Waals surface area contributed by atoms with Gasteiger partial charge in [-0.25, -0.2) is 4.79 Å². The van der Waals surface area contributed by atoms with Crippen LogP contribution < -0.4 is 0 Å². The molecule has 0 aromatic heterocycles. The Morgan fingerprint density at radius 1 is 0.933 bits per heavy atom. The van der Waals surface area contributed by atoms with Gasteiger partial charge in [0.15, 0.2) is 5.78 Å². The number of hydrogen-bond donors (Lipinski definition) is 0. The fourth-order valence-electron chi connectivity index (χ4n) is 4.23. The summed E-state index contributed by atoms with van der Waals surface area (Å²) in [5.41, 5.74) is 2.02. The van der Waals surface area contributed by atoms with Gasteiger partial charge < -0.3 is 0 Å². The smallest absolute Gasteiger partial charge is 0.289 e. The number of hydrogen-bond acceptors (Lipinski definition) is 4. The molecule has 30 heavy (non-hydrogen) atoms. The summed E-state index contributed by atoms with van der Waals surface area (Å²) >= 11 is 0. The van der Waals surface area contributed by atoms with Crippen LogP contribution in [0, 0.1) is 0 Å². The van der Waals surface area contributed by atoms with Crippen LogP contribution in [0.25, 0.3) is 0 Å². The van der Waals surface area contributed by atoms with Gasteiger partial charge >= 0.3 is 5.97 Å². The van der Waals surface area contributed by atoms with Gasteiger partial charge in [0.2, 0.25) is 0 Å². The molecule has 0 amide bonds. The minimum absolute atomic E-state index is 0.0429. The average Bonchev–Trinajstić information content (AvgIpc) is 3.05. The highest BCUT2D eigenvalue weighted by Gasteiger charge is 2.33. The molecule has 1 unspecified atom stereocenters. The van der Waals surface area contributed by atoms with Crippen LogP contribution in [0.4, 0.5) is 0 Å². The Bertz CT molecular complexity index is 952. The molecular formula is C25H29N2O3+. The van der Waals surface area contributed by atoms with E-state index in [1.54, 1.807) is 18.2 Å². The third-order valence-corrected chi connectivity index (χ3v) is 6.01. The second-order valence-corrected chi connectivity index (χ2v) is 8.12. The highest BCUT2D eigenvalue weighted by atomic mass is 16.7. The fourth-order valence-corrected chi connectivity index (χ4v) is 4.23. The summed E-state index contributed by atoms with van der Waals surface area (Å²) in [6.45, 7) is 4.68. The van der Waals surface area contributed by atoms with Gasteiger partial charge in [0, 0.05) is 17.5 Å². The summed E-state index contributed by atoms with van der Waals surface area (Å²) < 4.78 is 2.37. The van der Waals surface area contributed by atoms with Crippen molar-refractivity contribution in [3.8, 4) is 0 Å². The first kappa shape index (κ1) is 20.3. The van der Waals surface area contributed by atoms with E-state index in [1.807, 2.05) is 48.4 Å². The average molecular weight is 406 g/mol. The standard InChI is InChI=1S/C25H29N2O3/c1-19(21-12-8-13-22(18-21)24(28)20-10-4-2-5-11-20)25(29)30-27-17-9-16-26-15-7-3-6-14-23(26)27/h2,4-5,8,10-13,18-19H,3,6-7,9,14-17H2,1H3/q+1. The molecule has 0 fully saturated rings. The van der Waals surface area contributed by atoms with Gasteiger partial charge in [0.05, 0.1) is 25.4 Å². The number of amidine groups is 1. The molecule has 0 aliphatic carbocycles. The van der Waals surface area contributed by atoms with Gasteiger partial charge in [-0.2, -0.15) is 0 Å². The Balaban J connectivity index is 1.48. The van der Waals surface area contributed by atoms with Crippen molar-refractivity contribution in [1.82, 2.24) is 5.06 Å². The maximum Gasteiger partial charge on any atom is 0.364 e. The van der Waals surface area contributed by atoms with E-state index in [0.717, 1.165) is 50.3 Å². The summed E-state index contributed by atoms with van der Waals surface area (Å²) in [6.07, 6.45) is 5.51. The van der Waals surface area contributed by atoms with Gasteiger partial charge in [0.1, 0.15) is 6.54 Å². The van der Waals surface area contributed by atoms with Crippen LogP contribution in [0.3, 0.4) is 0 Å². The van der Waals surface area contributed by atoms with Gasteiger partial charge in [-0.05, 0) is 37.8 Å². The largest absolute Gasteiger partial charge is 0.364 e. The predicted octanol–water partition coefficient (Wildman–Crippen LogP) is 4.17. The van der Waals surface area contributed by atoms with Crippen molar-refractivity contribution in [3.63, 3.8) is 0 Å². The number of carbonyl (C=O) groups is 2. The number of rotatable bonds is 5. The lowest BCUT2D eigenvalue weighted by molar-refractivity contribution is -0.544. The molecule has 156 valence electrons. The number of carbonyl (C=O) groups excluding carboxylic acids is 2. The van der Waals surface area contributed by atoms with E-state index in [4.69, 9.17) is 4.84 Å². The maximum absolute atomic E-state index is 12.9. The van der Waals surface area contributed by atoms with Crippen LogP contribution in [0.1, 0.15) is 66.4 Å². The van der Waals surface area contributed by atoms with Crippen LogP contribution >= 0.6 is 0 Å². The van der Waals surface area contributed by atoms with E-state index in [2.05, 4.69) is 4.58 Å². The zero-order valence-electron chi connectivity index (χ0n) is 17.5. The molecule has 0 radical (unpaired) electrons. The molecule has 2 aliphatic rings. The third kappa shape index (κ3) is 4.45. The summed E-state index contributed by atoms with van der Waals surface area (Å²) in [5.74, 6) is 0.374. The summed E-state index contributed by atoms with van der Waals surface area (Å²) in [6, 6.07) is 16.5. The molecule has 1 atom stereocenters. The first-order valence-electron chi connectivity index (χ1n) is 10.9. The minimum Gasteiger partial charge on any atom is -0.289 e. The Hall–Kier alpha value is -2.95. The van der Waals surface area contributed by atoms with Gasteiger partial charge in [0.25, 0.3) is 5.84 Å². The normalized spacial score (nSPS) is 17.7. The number of benzene rings is 2. The van der Waals surface area contributed by atoms with E-state index in [9.17, 15) is 9.59 Å². The molecule has 2 heterocycles. The summed E-state index contributed by atoms with van der Waals surface area (Å²) in [7, 11) is 0. The van der Waals surface area contributed by atoms with Gasteiger partial charge in [-0.15, -0.1) is 0 Å². The van der Waals surface area contributed by atoms with Crippen LogP contribution in [0.2, 0.25) is 0 Å². The Morgan fingerprint density at radius 2 is 1.70 bits per heavy atom. The Kier molecular flexibility index (Phi) is 6.26. The van der Waals surface area contributed by atoms with Crippen LogP contribution in [0.15, 0.2) is 54.6 Å². The molecule has 0 N–H and O–H groups in total.